The highest BCUT2D eigenvalue weighted by molar-refractivity contribution is 7.16. The van der Waals surface area contributed by atoms with Crippen LogP contribution in [0.1, 0.15) is 9.67 Å². The summed E-state index contributed by atoms with van der Waals surface area (Å²) in [6.07, 6.45) is 1.60. The van der Waals surface area contributed by atoms with E-state index in [1.54, 1.807) is 37.2 Å². The van der Waals surface area contributed by atoms with Crippen LogP contribution in [0.5, 0.6) is 11.5 Å². The molecule has 0 saturated heterocycles. The molecule has 0 aliphatic carbocycles. The van der Waals surface area contributed by atoms with Crippen LogP contribution in [0.2, 0.25) is 5.15 Å². The van der Waals surface area contributed by atoms with Crippen molar-refractivity contribution < 1.29 is 19.0 Å². The number of nitrogens with zero attached hydrogens (tertiary/aromatic N) is 3. The molecule has 0 bridgehead atoms. The minimum absolute atomic E-state index is 0.0965. The van der Waals surface area contributed by atoms with Crippen molar-refractivity contribution in [3.05, 3.63) is 28.5 Å². The fourth-order valence-corrected chi connectivity index (χ4v) is 3.28. The van der Waals surface area contributed by atoms with Gasteiger partial charge >= 0.3 is 5.97 Å². The summed E-state index contributed by atoms with van der Waals surface area (Å²) >= 11 is 7.13. The topological polar surface area (TPSA) is 75.5 Å². The largest absolute Gasteiger partial charge is 0.493 e. The molecule has 9 heteroatoms. The second-order valence-corrected chi connectivity index (χ2v) is 5.75. The summed E-state index contributed by atoms with van der Waals surface area (Å²) in [5, 5.41) is 0.601. The van der Waals surface area contributed by atoms with E-state index >= 15 is 0 Å². The summed E-state index contributed by atoms with van der Waals surface area (Å²) in [5.41, 5.74) is 1.46. The van der Waals surface area contributed by atoms with Gasteiger partial charge in [0.1, 0.15) is 6.33 Å². The molecule has 0 fully saturated rings. The van der Waals surface area contributed by atoms with Crippen molar-refractivity contribution >= 4 is 39.9 Å². The summed E-state index contributed by atoms with van der Waals surface area (Å²) < 4.78 is 17.0. The highest BCUT2D eigenvalue weighted by atomic mass is 35.5. The number of imidazole rings is 1. The number of esters is 1. The fraction of sp³-hybridized carbons (Fsp3) is 0.214. The Bertz CT molecular complexity index is 890. The Morgan fingerprint density at radius 3 is 2.57 bits per heavy atom. The Labute approximate surface area is 140 Å². The van der Waals surface area contributed by atoms with Crippen molar-refractivity contribution in [3.63, 3.8) is 0 Å². The second-order valence-electron chi connectivity index (χ2n) is 4.42. The molecule has 3 aromatic rings. The first-order valence-electron chi connectivity index (χ1n) is 6.43. The van der Waals surface area contributed by atoms with Gasteiger partial charge in [-0.2, -0.15) is 0 Å². The van der Waals surface area contributed by atoms with Crippen LogP contribution in [0, 0.1) is 0 Å². The molecule has 0 aliphatic heterocycles. The van der Waals surface area contributed by atoms with Crippen molar-refractivity contribution in [3.8, 4) is 16.6 Å². The number of halogens is 1. The lowest BCUT2D eigenvalue weighted by atomic mass is 10.2. The van der Waals surface area contributed by atoms with E-state index in [0.29, 0.717) is 22.1 Å². The summed E-state index contributed by atoms with van der Waals surface area (Å²) in [6, 6.07) is 3.55. The Kier molecular flexibility index (Phi) is 4.10. The van der Waals surface area contributed by atoms with Gasteiger partial charge in [-0.25, -0.2) is 14.8 Å². The number of aromatic nitrogens is 3. The third kappa shape index (κ3) is 2.60. The zero-order valence-electron chi connectivity index (χ0n) is 12.5. The number of thiazole rings is 1. The van der Waals surface area contributed by atoms with E-state index in [1.807, 2.05) is 0 Å². The number of hydrogen-bond donors (Lipinski definition) is 0. The maximum absolute atomic E-state index is 11.7. The van der Waals surface area contributed by atoms with Gasteiger partial charge in [-0.3, -0.25) is 4.57 Å². The van der Waals surface area contributed by atoms with Crippen LogP contribution in [0.3, 0.4) is 0 Å². The maximum Gasteiger partial charge on any atom is 0.351 e. The number of rotatable bonds is 4. The van der Waals surface area contributed by atoms with Crippen LogP contribution in [-0.4, -0.2) is 41.8 Å². The van der Waals surface area contributed by atoms with Gasteiger partial charge in [0, 0.05) is 12.1 Å². The normalized spacial score (nSPS) is 10.8. The van der Waals surface area contributed by atoms with Crippen LogP contribution >= 0.6 is 22.9 Å². The minimum Gasteiger partial charge on any atom is -0.493 e. The van der Waals surface area contributed by atoms with Gasteiger partial charge in [0.2, 0.25) is 0 Å². The van der Waals surface area contributed by atoms with Crippen LogP contribution in [-0.2, 0) is 4.74 Å². The smallest absolute Gasteiger partial charge is 0.351 e. The molecule has 7 nitrogen and oxygen atoms in total. The van der Waals surface area contributed by atoms with E-state index in [0.717, 1.165) is 16.9 Å². The van der Waals surface area contributed by atoms with Crippen LogP contribution in [0.4, 0.5) is 0 Å². The summed E-state index contributed by atoms with van der Waals surface area (Å²) in [7, 11) is 4.41. The van der Waals surface area contributed by atoms with Crippen molar-refractivity contribution in [2.75, 3.05) is 21.3 Å². The third-order valence-corrected chi connectivity index (χ3v) is 4.62. The van der Waals surface area contributed by atoms with E-state index in [9.17, 15) is 4.79 Å². The number of carbonyl (C=O) groups excluding carboxylic acids is 1. The Hall–Kier alpha value is -2.32. The van der Waals surface area contributed by atoms with Crippen molar-refractivity contribution in [1.82, 2.24) is 14.5 Å². The lowest BCUT2D eigenvalue weighted by Crippen LogP contribution is -1.98. The molecule has 120 valence electrons. The molecule has 0 saturated carbocycles. The zero-order valence-corrected chi connectivity index (χ0v) is 14.1. The van der Waals surface area contributed by atoms with Crippen LogP contribution in [0.15, 0.2) is 18.5 Å². The number of methoxy groups -OCH3 is 3. The SMILES string of the molecule is COC(=O)c1sc(-n2cnc3cc(OC)c(OC)cc32)nc1Cl. The highest BCUT2D eigenvalue weighted by Gasteiger charge is 2.20. The second kappa shape index (κ2) is 6.05. The number of hydrogen-bond acceptors (Lipinski definition) is 7. The van der Waals surface area contributed by atoms with Crippen LogP contribution in [0.25, 0.3) is 16.2 Å². The minimum atomic E-state index is -0.526. The molecule has 0 spiro atoms. The maximum atomic E-state index is 11.7. The Balaban J connectivity index is 2.15. The molecule has 3 rings (SSSR count). The number of ether oxygens (including phenoxy) is 3. The summed E-state index contributed by atoms with van der Waals surface area (Å²) in [6.45, 7) is 0. The quantitative estimate of drug-likeness (QED) is 0.671. The average Bonchev–Trinajstić information content (AvgIpc) is 3.15. The van der Waals surface area contributed by atoms with Gasteiger partial charge in [0.25, 0.3) is 0 Å². The molecule has 2 aromatic heterocycles. The van der Waals surface area contributed by atoms with E-state index in [4.69, 9.17) is 21.1 Å². The van der Waals surface area contributed by atoms with E-state index < -0.39 is 5.97 Å². The predicted octanol–water partition coefficient (Wildman–Crippen LogP) is 2.94. The van der Waals surface area contributed by atoms with E-state index in [-0.39, 0.29) is 10.0 Å². The molecule has 0 amide bonds. The standard InChI is InChI=1S/C14H12ClN3O4S/c1-20-9-4-7-8(5-10(9)21-2)18(6-16-7)14-17-12(15)11(23-14)13(19)22-3/h4-6H,1-3H3. The van der Waals surface area contributed by atoms with E-state index in [1.165, 1.54) is 7.11 Å². The molecule has 1 aromatic carbocycles. The lowest BCUT2D eigenvalue weighted by molar-refractivity contribution is 0.0606. The Morgan fingerprint density at radius 2 is 1.91 bits per heavy atom. The molecule has 0 N–H and O–H groups in total. The number of carbonyl (C=O) groups is 1. The van der Waals surface area contributed by atoms with Gasteiger partial charge in [0.05, 0.1) is 32.4 Å². The van der Waals surface area contributed by atoms with Gasteiger partial charge in [-0.1, -0.05) is 22.9 Å². The molecular weight excluding hydrogens is 342 g/mol. The predicted molar refractivity (Wildman–Crippen MR) is 86.2 cm³/mol. The summed E-state index contributed by atoms with van der Waals surface area (Å²) in [4.78, 5) is 20.4. The molecule has 0 atom stereocenters. The first-order chi connectivity index (χ1) is 11.1. The van der Waals surface area contributed by atoms with Gasteiger partial charge in [-0.05, 0) is 0 Å². The van der Waals surface area contributed by atoms with Crippen molar-refractivity contribution in [2.24, 2.45) is 0 Å². The first-order valence-corrected chi connectivity index (χ1v) is 7.62. The van der Waals surface area contributed by atoms with Gasteiger partial charge in [0.15, 0.2) is 26.7 Å². The van der Waals surface area contributed by atoms with Crippen LogP contribution < -0.4 is 9.47 Å². The Morgan fingerprint density at radius 1 is 1.22 bits per heavy atom. The molecular formula is C14H12ClN3O4S. The average molecular weight is 354 g/mol. The molecule has 23 heavy (non-hydrogen) atoms. The fourth-order valence-electron chi connectivity index (χ4n) is 2.10. The summed E-state index contributed by atoms with van der Waals surface area (Å²) in [5.74, 6) is 0.623. The van der Waals surface area contributed by atoms with Crippen molar-refractivity contribution in [1.29, 1.82) is 0 Å². The monoisotopic (exact) mass is 353 g/mol. The van der Waals surface area contributed by atoms with Gasteiger partial charge in [-0.15, -0.1) is 0 Å². The molecule has 0 unspecified atom stereocenters. The third-order valence-electron chi connectivity index (χ3n) is 3.20. The first kappa shape index (κ1) is 15.6. The molecule has 2 heterocycles. The number of fused-ring (bicyclic) bond motifs is 1. The lowest BCUT2D eigenvalue weighted by Gasteiger charge is -2.07. The van der Waals surface area contributed by atoms with E-state index in [2.05, 4.69) is 14.7 Å². The molecule has 0 radical (unpaired) electrons. The van der Waals surface area contributed by atoms with Crippen molar-refractivity contribution in [2.45, 2.75) is 0 Å². The number of benzene rings is 1. The highest BCUT2D eigenvalue weighted by Crippen LogP contribution is 2.34. The zero-order chi connectivity index (χ0) is 16.6. The van der Waals surface area contributed by atoms with Gasteiger partial charge < -0.3 is 14.2 Å². The molecule has 0 aliphatic rings.